The summed E-state index contributed by atoms with van der Waals surface area (Å²) in [5.41, 5.74) is 3.67. The van der Waals surface area contributed by atoms with Crippen LogP contribution in [0.1, 0.15) is 75.0 Å². The summed E-state index contributed by atoms with van der Waals surface area (Å²) >= 11 is 0. The third kappa shape index (κ3) is 8.82. The van der Waals surface area contributed by atoms with Gasteiger partial charge in [0.2, 0.25) is 21.8 Å². The maximum Gasteiger partial charge on any atom is 0.243 e. The second kappa shape index (κ2) is 14.5. The van der Waals surface area contributed by atoms with Crippen molar-refractivity contribution in [2.24, 2.45) is 0 Å². The molecule has 214 valence electrons. The minimum Gasteiger partial charge on any atom is -0.352 e. The molecule has 2 aromatic rings. The number of hydrogen-bond donors (Lipinski definition) is 1. The van der Waals surface area contributed by atoms with Gasteiger partial charge >= 0.3 is 0 Å². The molecule has 3 rings (SSSR count). The molecule has 0 spiro atoms. The zero-order valence-electron chi connectivity index (χ0n) is 24.0. The van der Waals surface area contributed by atoms with Crippen LogP contribution < -0.4 is 9.62 Å². The van der Waals surface area contributed by atoms with E-state index in [0.29, 0.717) is 31.5 Å². The summed E-state index contributed by atoms with van der Waals surface area (Å²) in [5, 5.41) is 3.21. The molecule has 0 heterocycles. The van der Waals surface area contributed by atoms with Crippen LogP contribution >= 0.6 is 0 Å². The lowest BCUT2D eigenvalue weighted by atomic mass is 9.95. The van der Waals surface area contributed by atoms with Crippen molar-refractivity contribution in [3.63, 3.8) is 0 Å². The molecule has 1 N–H and O–H groups in total. The SMILES string of the molecule is CC[C@H](C(=O)NC1CCCCC1)N(CCc1ccccc1)C(=O)CCCN(c1cccc(C)c1C)S(C)(=O)=O. The molecule has 1 saturated carbocycles. The van der Waals surface area contributed by atoms with Crippen molar-refractivity contribution in [2.75, 3.05) is 23.7 Å². The average molecular weight is 556 g/mol. The second-order valence-corrected chi connectivity index (χ2v) is 12.7. The Bertz CT molecular complexity index is 1190. The molecule has 2 amide bonds. The minimum absolute atomic E-state index is 0.0843. The topological polar surface area (TPSA) is 86.8 Å². The van der Waals surface area contributed by atoms with Gasteiger partial charge in [0, 0.05) is 25.6 Å². The Labute approximate surface area is 235 Å². The number of sulfonamides is 1. The summed E-state index contributed by atoms with van der Waals surface area (Å²) in [4.78, 5) is 28.7. The highest BCUT2D eigenvalue weighted by atomic mass is 32.2. The van der Waals surface area contributed by atoms with Gasteiger partial charge in [0.05, 0.1) is 11.9 Å². The van der Waals surface area contributed by atoms with Crippen molar-refractivity contribution in [3.05, 3.63) is 65.2 Å². The molecule has 0 aromatic heterocycles. The van der Waals surface area contributed by atoms with Crippen molar-refractivity contribution in [1.29, 1.82) is 0 Å². The van der Waals surface area contributed by atoms with Crippen LogP contribution in [-0.4, -0.2) is 56.6 Å². The standard InChI is InChI=1S/C31H45N3O4S/c1-5-28(31(36)32-27-17-10-7-11-18-27)33(23-21-26-15-8-6-9-16-26)30(35)20-13-22-34(39(4,37)38)29-19-12-14-24(2)25(29)3/h6,8-9,12,14-16,19,27-28H,5,7,10-11,13,17-18,20-23H2,1-4H3,(H,32,36)/t28-/m1/s1. The third-order valence-corrected chi connectivity index (χ3v) is 9.00. The highest BCUT2D eigenvalue weighted by molar-refractivity contribution is 7.92. The smallest absolute Gasteiger partial charge is 0.243 e. The lowest BCUT2D eigenvalue weighted by Gasteiger charge is -2.33. The number of carbonyl (C=O) groups is 2. The Morgan fingerprint density at radius 2 is 1.67 bits per heavy atom. The van der Waals surface area contributed by atoms with Crippen LogP contribution in [-0.2, 0) is 26.0 Å². The summed E-state index contributed by atoms with van der Waals surface area (Å²) in [6.45, 7) is 6.45. The van der Waals surface area contributed by atoms with Gasteiger partial charge in [0.15, 0.2) is 0 Å². The third-order valence-electron chi connectivity index (χ3n) is 7.82. The fraction of sp³-hybridized carbons (Fsp3) is 0.548. The van der Waals surface area contributed by atoms with Gasteiger partial charge in [-0.3, -0.25) is 13.9 Å². The fourth-order valence-corrected chi connectivity index (χ4v) is 6.44. The van der Waals surface area contributed by atoms with Crippen molar-refractivity contribution in [2.45, 2.75) is 90.6 Å². The lowest BCUT2D eigenvalue weighted by molar-refractivity contribution is -0.141. The molecule has 1 fully saturated rings. The number of rotatable bonds is 13. The van der Waals surface area contributed by atoms with Crippen LogP contribution in [0.25, 0.3) is 0 Å². The van der Waals surface area contributed by atoms with Crippen LogP contribution in [0, 0.1) is 13.8 Å². The zero-order chi connectivity index (χ0) is 28.4. The van der Waals surface area contributed by atoms with Crippen LogP contribution in [0.15, 0.2) is 48.5 Å². The maximum atomic E-state index is 13.6. The molecule has 0 aliphatic heterocycles. The van der Waals surface area contributed by atoms with E-state index in [1.807, 2.05) is 63.2 Å². The van der Waals surface area contributed by atoms with E-state index in [1.54, 1.807) is 11.0 Å². The Morgan fingerprint density at radius 3 is 2.31 bits per heavy atom. The van der Waals surface area contributed by atoms with Gasteiger partial charge in [-0.2, -0.15) is 0 Å². The van der Waals surface area contributed by atoms with Crippen LogP contribution in [0.5, 0.6) is 0 Å². The molecule has 0 bridgehead atoms. The summed E-state index contributed by atoms with van der Waals surface area (Å²) in [7, 11) is -3.53. The molecule has 0 radical (unpaired) electrons. The monoisotopic (exact) mass is 555 g/mol. The second-order valence-electron chi connectivity index (χ2n) is 10.7. The average Bonchev–Trinajstić information content (AvgIpc) is 2.91. The molecule has 1 aliphatic carbocycles. The lowest BCUT2D eigenvalue weighted by Crippen LogP contribution is -2.52. The number of hydrogen-bond acceptors (Lipinski definition) is 4. The van der Waals surface area contributed by atoms with E-state index < -0.39 is 16.1 Å². The van der Waals surface area contributed by atoms with Crippen molar-refractivity contribution >= 4 is 27.5 Å². The highest BCUT2D eigenvalue weighted by Crippen LogP contribution is 2.25. The quantitative estimate of drug-likeness (QED) is 0.370. The Morgan fingerprint density at radius 1 is 0.974 bits per heavy atom. The highest BCUT2D eigenvalue weighted by Gasteiger charge is 2.30. The van der Waals surface area contributed by atoms with Crippen molar-refractivity contribution < 1.29 is 18.0 Å². The molecular weight excluding hydrogens is 510 g/mol. The first-order valence-electron chi connectivity index (χ1n) is 14.3. The number of anilines is 1. The van der Waals surface area contributed by atoms with Crippen LogP contribution in [0.2, 0.25) is 0 Å². The number of nitrogens with one attached hydrogen (secondary N) is 1. The van der Waals surface area contributed by atoms with E-state index >= 15 is 0 Å². The molecular formula is C31H45N3O4S. The maximum absolute atomic E-state index is 13.6. The van der Waals surface area contributed by atoms with Crippen LogP contribution in [0.4, 0.5) is 5.69 Å². The summed E-state index contributed by atoms with van der Waals surface area (Å²) in [5.74, 6) is -0.204. The zero-order valence-corrected chi connectivity index (χ0v) is 24.8. The van der Waals surface area contributed by atoms with E-state index in [-0.39, 0.29) is 30.8 Å². The van der Waals surface area contributed by atoms with Gasteiger partial charge < -0.3 is 10.2 Å². The molecule has 0 saturated heterocycles. The van der Waals surface area contributed by atoms with Gasteiger partial charge in [0.1, 0.15) is 6.04 Å². The number of aryl methyl sites for hydroxylation is 1. The Balaban J connectivity index is 1.73. The van der Waals surface area contributed by atoms with Crippen molar-refractivity contribution in [1.82, 2.24) is 10.2 Å². The molecule has 7 nitrogen and oxygen atoms in total. The number of nitrogens with zero attached hydrogens (tertiary/aromatic N) is 2. The largest absolute Gasteiger partial charge is 0.352 e. The van der Waals surface area contributed by atoms with Gasteiger partial charge in [-0.1, -0.05) is 68.7 Å². The van der Waals surface area contributed by atoms with Gasteiger partial charge in [-0.25, -0.2) is 8.42 Å². The molecule has 8 heteroatoms. The van der Waals surface area contributed by atoms with Crippen molar-refractivity contribution in [3.8, 4) is 0 Å². The van der Waals surface area contributed by atoms with E-state index in [0.717, 1.165) is 42.4 Å². The van der Waals surface area contributed by atoms with Crippen LogP contribution in [0.3, 0.4) is 0 Å². The normalized spacial score (nSPS) is 15.0. The summed E-state index contributed by atoms with van der Waals surface area (Å²) in [6, 6.07) is 15.2. The fourth-order valence-electron chi connectivity index (χ4n) is 5.43. The molecule has 1 aliphatic rings. The van der Waals surface area contributed by atoms with E-state index in [9.17, 15) is 18.0 Å². The Hall–Kier alpha value is -2.87. The predicted octanol–water partition coefficient (Wildman–Crippen LogP) is 5.15. The first kappa shape index (κ1) is 30.7. The summed E-state index contributed by atoms with van der Waals surface area (Å²) in [6.07, 6.45) is 8.32. The summed E-state index contributed by atoms with van der Waals surface area (Å²) < 4.78 is 26.7. The first-order chi connectivity index (χ1) is 18.6. The number of amides is 2. The molecule has 1 atom stereocenters. The molecule has 2 aromatic carbocycles. The van der Waals surface area contributed by atoms with Gasteiger partial charge in [-0.15, -0.1) is 0 Å². The van der Waals surface area contributed by atoms with E-state index in [2.05, 4.69) is 5.32 Å². The minimum atomic E-state index is -3.53. The van der Waals surface area contributed by atoms with E-state index in [1.165, 1.54) is 17.0 Å². The molecule has 39 heavy (non-hydrogen) atoms. The van der Waals surface area contributed by atoms with E-state index in [4.69, 9.17) is 0 Å². The van der Waals surface area contributed by atoms with Gasteiger partial charge in [0.25, 0.3) is 0 Å². The first-order valence-corrected chi connectivity index (χ1v) is 16.1. The molecule has 0 unspecified atom stereocenters. The van der Waals surface area contributed by atoms with Gasteiger partial charge in [-0.05, 0) is 68.7 Å². The predicted molar refractivity (Wildman–Crippen MR) is 158 cm³/mol. The Kier molecular flexibility index (Phi) is 11.4. The number of benzene rings is 2. The number of carbonyl (C=O) groups excluding carboxylic acids is 2.